The van der Waals surface area contributed by atoms with Crippen molar-refractivity contribution in [1.82, 2.24) is 14.9 Å². The maximum absolute atomic E-state index is 12.6. The van der Waals surface area contributed by atoms with Gasteiger partial charge in [0.25, 0.3) is 5.91 Å². The maximum Gasteiger partial charge on any atom is 0.265 e. The van der Waals surface area contributed by atoms with Gasteiger partial charge in [-0.3, -0.25) is 9.78 Å². The van der Waals surface area contributed by atoms with Crippen LogP contribution in [-0.2, 0) is 0 Å². The van der Waals surface area contributed by atoms with Crippen LogP contribution in [-0.4, -0.2) is 40.0 Å². The molecule has 0 aromatic carbocycles. The zero-order valence-electron chi connectivity index (χ0n) is 12.4. The van der Waals surface area contributed by atoms with Gasteiger partial charge in [-0.15, -0.1) is 11.3 Å². The van der Waals surface area contributed by atoms with Crippen molar-refractivity contribution in [2.45, 2.75) is 26.4 Å². The second-order valence-corrected chi connectivity index (χ2v) is 6.84. The van der Waals surface area contributed by atoms with Gasteiger partial charge in [-0.1, -0.05) is 11.6 Å². The third-order valence-corrected chi connectivity index (χ3v) is 4.90. The van der Waals surface area contributed by atoms with E-state index in [1.54, 1.807) is 18.5 Å². The average Bonchev–Trinajstić information content (AvgIpc) is 3.07. The molecule has 2 aromatic heterocycles. The van der Waals surface area contributed by atoms with Gasteiger partial charge in [-0.2, -0.15) is 0 Å². The molecule has 0 spiro atoms. The Balaban J connectivity index is 1.66. The first kappa shape index (κ1) is 15.2. The van der Waals surface area contributed by atoms with Crippen molar-refractivity contribution >= 4 is 28.8 Å². The topological polar surface area (TPSA) is 55.3 Å². The number of hydrogen-bond donors (Lipinski definition) is 0. The Morgan fingerprint density at radius 1 is 1.50 bits per heavy atom. The highest BCUT2D eigenvalue weighted by molar-refractivity contribution is 7.13. The van der Waals surface area contributed by atoms with Crippen molar-refractivity contribution < 1.29 is 9.53 Å². The van der Waals surface area contributed by atoms with Gasteiger partial charge in [0.15, 0.2) is 0 Å². The second kappa shape index (κ2) is 6.22. The van der Waals surface area contributed by atoms with E-state index in [2.05, 4.69) is 9.97 Å². The van der Waals surface area contributed by atoms with Gasteiger partial charge >= 0.3 is 0 Å². The number of amides is 1. The summed E-state index contributed by atoms with van der Waals surface area (Å²) in [4.78, 5) is 23.3. The lowest BCUT2D eigenvalue weighted by Crippen LogP contribution is -2.30. The summed E-state index contributed by atoms with van der Waals surface area (Å²) in [5.41, 5.74) is 0.800. The number of carbonyl (C=O) groups is 1. The van der Waals surface area contributed by atoms with E-state index in [0.717, 1.165) is 22.0 Å². The van der Waals surface area contributed by atoms with Crippen LogP contribution in [0, 0.1) is 13.8 Å². The first-order valence-electron chi connectivity index (χ1n) is 7.04. The Labute approximate surface area is 137 Å². The minimum Gasteiger partial charge on any atom is -0.487 e. The van der Waals surface area contributed by atoms with Crippen LogP contribution in [0.25, 0.3) is 0 Å². The monoisotopic (exact) mass is 337 g/mol. The fourth-order valence-electron chi connectivity index (χ4n) is 2.52. The van der Waals surface area contributed by atoms with Crippen molar-refractivity contribution in [3.63, 3.8) is 0 Å². The molecule has 5 nitrogen and oxygen atoms in total. The fraction of sp³-hybridized carbons (Fsp3) is 0.400. The van der Waals surface area contributed by atoms with E-state index in [1.807, 2.05) is 18.7 Å². The summed E-state index contributed by atoms with van der Waals surface area (Å²) >= 11 is 7.49. The summed E-state index contributed by atoms with van der Waals surface area (Å²) in [5, 5.41) is 1.40. The summed E-state index contributed by atoms with van der Waals surface area (Å²) in [6.45, 7) is 5.03. The average molecular weight is 338 g/mol. The minimum atomic E-state index is -0.0434. The summed E-state index contributed by atoms with van der Waals surface area (Å²) < 4.78 is 5.88. The number of aryl methyl sites for hydroxylation is 2. The lowest BCUT2D eigenvalue weighted by atomic mass is 10.3. The minimum absolute atomic E-state index is 0.0371. The van der Waals surface area contributed by atoms with E-state index in [9.17, 15) is 4.79 Å². The Bertz CT molecular complexity index is 704. The van der Waals surface area contributed by atoms with E-state index < -0.39 is 0 Å². The van der Waals surface area contributed by atoms with Crippen LogP contribution in [0.1, 0.15) is 26.8 Å². The number of carbonyl (C=O) groups excluding carboxylic acids is 1. The van der Waals surface area contributed by atoms with Crippen LogP contribution in [0.5, 0.6) is 5.75 Å². The van der Waals surface area contributed by atoms with Gasteiger partial charge in [-0.05, 0) is 13.8 Å². The molecular weight excluding hydrogens is 322 g/mol. The van der Waals surface area contributed by atoms with Crippen molar-refractivity contribution in [1.29, 1.82) is 0 Å². The van der Waals surface area contributed by atoms with Crippen LogP contribution in [0.4, 0.5) is 0 Å². The number of hydrogen-bond acceptors (Lipinski definition) is 5. The Kier molecular flexibility index (Phi) is 4.31. The standard InChI is InChI=1S/C15H16ClN3O2S/c1-9-14(22-10(2)18-9)15(20)19-6-4-11(8-19)21-13-3-5-17-7-12(13)16/h3,5,7,11H,4,6,8H2,1-2H3. The van der Waals surface area contributed by atoms with Crippen molar-refractivity contribution in [2.24, 2.45) is 0 Å². The number of thiazole rings is 1. The first-order valence-corrected chi connectivity index (χ1v) is 8.23. The molecule has 1 unspecified atom stereocenters. The zero-order valence-corrected chi connectivity index (χ0v) is 13.9. The first-order chi connectivity index (χ1) is 10.5. The molecule has 1 aliphatic heterocycles. The van der Waals surface area contributed by atoms with Gasteiger partial charge < -0.3 is 9.64 Å². The molecule has 0 aliphatic carbocycles. The van der Waals surface area contributed by atoms with Crippen molar-refractivity contribution in [2.75, 3.05) is 13.1 Å². The molecule has 1 aliphatic rings. The van der Waals surface area contributed by atoms with E-state index >= 15 is 0 Å². The molecule has 0 bridgehead atoms. The van der Waals surface area contributed by atoms with Gasteiger partial charge in [0.1, 0.15) is 21.8 Å². The van der Waals surface area contributed by atoms with Crippen LogP contribution >= 0.6 is 22.9 Å². The van der Waals surface area contributed by atoms with Gasteiger partial charge in [0.2, 0.25) is 0 Å². The molecule has 0 saturated carbocycles. The largest absolute Gasteiger partial charge is 0.487 e. The van der Waals surface area contributed by atoms with Crippen LogP contribution in [0.15, 0.2) is 18.5 Å². The summed E-state index contributed by atoms with van der Waals surface area (Å²) in [6, 6.07) is 1.74. The molecule has 3 heterocycles. The molecule has 116 valence electrons. The lowest BCUT2D eigenvalue weighted by Gasteiger charge is -2.17. The van der Waals surface area contributed by atoms with E-state index in [4.69, 9.17) is 16.3 Å². The molecule has 1 atom stereocenters. The smallest absolute Gasteiger partial charge is 0.265 e. The van der Waals surface area contributed by atoms with Gasteiger partial charge in [0.05, 0.1) is 17.2 Å². The predicted molar refractivity (Wildman–Crippen MR) is 85.8 cm³/mol. The molecule has 0 N–H and O–H groups in total. The van der Waals surface area contributed by atoms with Crippen LogP contribution in [0.2, 0.25) is 5.02 Å². The Morgan fingerprint density at radius 2 is 2.32 bits per heavy atom. The van der Waals surface area contributed by atoms with Crippen LogP contribution in [0.3, 0.4) is 0 Å². The Hall–Kier alpha value is -1.66. The van der Waals surface area contributed by atoms with Gasteiger partial charge in [-0.25, -0.2) is 4.98 Å². The summed E-state index contributed by atoms with van der Waals surface area (Å²) in [6.07, 6.45) is 3.94. The number of nitrogens with zero attached hydrogens (tertiary/aromatic N) is 3. The van der Waals surface area contributed by atoms with E-state index in [1.165, 1.54) is 11.3 Å². The van der Waals surface area contributed by atoms with Crippen molar-refractivity contribution in [3.05, 3.63) is 39.1 Å². The number of rotatable bonds is 3. The molecule has 2 aromatic rings. The zero-order chi connectivity index (χ0) is 15.7. The van der Waals surface area contributed by atoms with Gasteiger partial charge in [0, 0.05) is 31.4 Å². The van der Waals surface area contributed by atoms with Crippen molar-refractivity contribution in [3.8, 4) is 5.75 Å². The third-order valence-electron chi connectivity index (χ3n) is 3.56. The highest BCUT2D eigenvalue weighted by Crippen LogP contribution is 2.27. The molecule has 1 fully saturated rings. The third kappa shape index (κ3) is 3.08. The number of aromatic nitrogens is 2. The number of halogens is 1. The quantitative estimate of drug-likeness (QED) is 0.863. The summed E-state index contributed by atoms with van der Waals surface area (Å²) in [5.74, 6) is 0.649. The number of ether oxygens (including phenoxy) is 1. The molecule has 3 rings (SSSR count). The van der Waals surface area contributed by atoms with E-state index in [0.29, 0.717) is 23.9 Å². The highest BCUT2D eigenvalue weighted by Gasteiger charge is 2.30. The predicted octanol–water partition coefficient (Wildman–Crippen LogP) is 3.10. The Morgan fingerprint density at radius 3 is 3.00 bits per heavy atom. The molecule has 7 heteroatoms. The molecule has 0 radical (unpaired) electrons. The maximum atomic E-state index is 12.6. The number of likely N-dealkylation sites (tertiary alicyclic amines) is 1. The lowest BCUT2D eigenvalue weighted by molar-refractivity contribution is 0.0776. The molecular formula is C15H16ClN3O2S. The number of pyridine rings is 1. The summed E-state index contributed by atoms with van der Waals surface area (Å²) in [7, 11) is 0. The fourth-order valence-corrected chi connectivity index (χ4v) is 3.57. The van der Waals surface area contributed by atoms with Crippen LogP contribution < -0.4 is 4.74 Å². The SMILES string of the molecule is Cc1nc(C)c(C(=O)N2CCC(Oc3ccncc3Cl)C2)s1. The molecule has 1 amide bonds. The normalized spacial score (nSPS) is 17.8. The molecule has 22 heavy (non-hydrogen) atoms. The second-order valence-electron chi connectivity index (χ2n) is 5.23. The highest BCUT2D eigenvalue weighted by atomic mass is 35.5. The van der Waals surface area contributed by atoms with E-state index in [-0.39, 0.29) is 12.0 Å². The molecule has 1 saturated heterocycles.